The summed E-state index contributed by atoms with van der Waals surface area (Å²) in [6, 6.07) is 7.28. The molecular weight excluding hydrogens is 334 g/mol. The lowest BCUT2D eigenvalue weighted by Gasteiger charge is -2.30. The van der Waals surface area contributed by atoms with Crippen LogP contribution in [0, 0.1) is 0 Å². The number of hydrogen-bond acceptors (Lipinski definition) is 6. The second kappa shape index (κ2) is 7.45. The molecule has 1 aromatic heterocycles. The van der Waals surface area contributed by atoms with Crippen molar-refractivity contribution in [2.75, 3.05) is 33.4 Å². The molecule has 0 unspecified atom stereocenters. The first-order chi connectivity index (χ1) is 12.7. The normalized spacial score (nSPS) is 21.1. The van der Waals surface area contributed by atoms with E-state index >= 15 is 0 Å². The van der Waals surface area contributed by atoms with Gasteiger partial charge in [-0.05, 0) is 37.5 Å². The highest BCUT2D eigenvalue weighted by Gasteiger charge is 2.30. The number of carbonyl (C=O) groups excluding carboxylic acids is 1. The fourth-order valence-electron chi connectivity index (χ4n) is 3.59. The number of amides is 1. The lowest BCUT2D eigenvalue weighted by Crippen LogP contribution is -2.38. The van der Waals surface area contributed by atoms with E-state index in [-0.39, 0.29) is 17.7 Å². The highest BCUT2D eigenvalue weighted by molar-refractivity contribution is 5.94. The van der Waals surface area contributed by atoms with Crippen LogP contribution in [0.4, 0.5) is 0 Å². The van der Waals surface area contributed by atoms with Crippen LogP contribution in [0.5, 0.6) is 5.75 Å². The van der Waals surface area contributed by atoms with Crippen molar-refractivity contribution in [3.63, 3.8) is 0 Å². The van der Waals surface area contributed by atoms with Crippen LogP contribution in [-0.2, 0) is 4.74 Å². The monoisotopic (exact) mass is 357 g/mol. The molecule has 0 saturated carbocycles. The van der Waals surface area contributed by atoms with Crippen molar-refractivity contribution in [1.82, 2.24) is 15.0 Å². The number of methoxy groups -OCH3 is 1. The number of benzene rings is 1. The Hall–Kier alpha value is -2.41. The van der Waals surface area contributed by atoms with Crippen molar-refractivity contribution in [3.8, 4) is 5.75 Å². The zero-order chi connectivity index (χ0) is 17.9. The maximum absolute atomic E-state index is 12.7. The van der Waals surface area contributed by atoms with Crippen molar-refractivity contribution in [3.05, 3.63) is 41.5 Å². The van der Waals surface area contributed by atoms with E-state index in [4.69, 9.17) is 14.0 Å². The summed E-state index contributed by atoms with van der Waals surface area (Å²) in [6.45, 7) is 2.81. The molecule has 0 N–H and O–H groups in total. The average Bonchev–Trinajstić information content (AvgIpc) is 3.39. The van der Waals surface area contributed by atoms with Gasteiger partial charge in [0.2, 0.25) is 5.89 Å². The van der Waals surface area contributed by atoms with Crippen molar-refractivity contribution in [2.24, 2.45) is 0 Å². The Morgan fingerprint density at radius 2 is 2.08 bits per heavy atom. The fourth-order valence-corrected chi connectivity index (χ4v) is 3.59. The standard InChI is InChI=1S/C19H23N3O4/c1-24-16-4-2-3-14(11-16)19(23)22-8-5-13(6-9-22)18-20-17(21-26-18)15-7-10-25-12-15/h2-4,11,13,15H,5-10,12H2,1H3/t15-/m1/s1. The summed E-state index contributed by atoms with van der Waals surface area (Å²) in [7, 11) is 1.60. The number of piperidine rings is 1. The van der Waals surface area contributed by atoms with Crippen LogP contribution in [-0.4, -0.2) is 54.4 Å². The zero-order valence-corrected chi connectivity index (χ0v) is 14.9. The molecule has 2 aliphatic rings. The molecule has 2 fully saturated rings. The molecule has 2 aliphatic heterocycles. The third kappa shape index (κ3) is 3.44. The van der Waals surface area contributed by atoms with Gasteiger partial charge in [0.05, 0.1) is 13.7 Å². The number of carbonyl (C=O) groups is 1. The molecule has 26 heavy (non-hydrogen) atoms. The summed E-state index contributed by atoms with van der Waals surface area (Å²) in [5.41, 5.74) is 0.657. The van der Waals surface area contributed by atoms with Crippen LogP contribution >= 0.6 is 0 Å². The topological polar surface area (TPSA) is 77.7 Å². The number of hydrogen-bond donors (Lipinski definition) is 0. The molecule has 4 rings (SSSR count). The minimum atomic E-state index is 0.0386. The Balaban J connectivity index is 1.37. The van der Waals surface area contributed by atoms with E-state index < -0.39 is 0 Å². The first-order valence-corrected chi connectivity index (χ1v) is 9.09. The molecule has 1 amide bonds. The molecule has 138 valence electrons. The SMILES string of the molecule is COc1cccc(C(=O)N2CCC(c3nc([C@@H]4CCOC4)no3)CC2)c1. The molecule has 1 aromatic carbocycles. The Labute approximate surface area is 152 Å². The molecular formula is C19H23N3O4. The highest BCUT2D eigenvalue weighted by Crippen LogP contribution is 2.30. The van der Waals surface area contributed by atoms with E-state index in [9.17, 15) is 4.79 Å². The van der Waals surface area contributed by atoms with E-state index in [1.165, 1.54) is 0 Å². The van der Waals surface area contributed by atoms with E-state index in [1.54, 1.807) is 13.2 Å². The number of likely N-dealkylation sites (tertiary alicyclic amines) is 1. The third-order valence-electron chi connectivity index (χ3n) is 5.20. The molecule has 0 radical (unpaired) electrons. The second-order valence-electron chi connectivity index (χ2n) is 6.85. The summed E-state index contributed by atoms with van der Waals surface area (Å²) in [5, 5.41) is 4.13. The van der Waals surface area contributed by atoms with Crippen molar-refractivity contribution >= 4 is 5.91 Å². The lowest BCUT2D eigenvalue weighted by atomic mass is 9.96. The molecule has 3 heterocycles. The Morgan fingerprint density at radius 3 is 2.81 bits per heavy atom. The number of nitrogens with zero attached hydrogens (tertiary/aromatic N) is 3. The quantitative estimate of drug-likeness (QED) is 0.837. The van der Waals surface area contributed by atoms with Gasteiger partial charge in [-0.1, -0.05) is 11.2 Å². The van der Waals surface area contributed by atoms with Gasteiger partial charge < -0.3 is 18.9 Å². The summed E-state index contributed by atoms with van der Waals surface area (Å²) in [4.78, 5) is 19.2. The van der Waals surface area contributed by atoms with Gasteiger partial charge in [-0.25, -0.2) is 0 Å². The highest BCUT2D eigenvalue weighted by atomic mass is 16.5. The Bertz CT molecular complexity index is 762. The van der Waals surface area contributed by atoms with Gasteiger partial charge in [-0.15, -0.1) is 0 Å². The molecule has 0 aliphatic carbocycles. The minimum Gasteiger partial charge on any atom is -0.497 e. The van der Waals surface area contributed by atoms with Crippen molar-refractivity contribution in [1.29, 1.82) is 0 Å². The molecule has 2 aromatic rings. The molecule has 1 atom stereocenters. The molecule has 0 spiro atoms. The van der Waals surface area contributed by atoms with Crippen LogP contribution in [0.2, 0.25) is 0 Å². The number of aromatic nitrogens is 2. The number of ether oxygens (including phenoxy) is 2. The number of rotatable bonds is 4. The predicted molar refractivity (Wildman–Crippen MR) is 93.3 cm³/mol. The summed E-state index contributed by atoms with van der Waals surface area (Å²) < 4.78 is 16.1. The maximum Gasteiger partial charge on any atom is 0.253 e. The van der Waals surface area contributed by atoms with Gasteiger partial charge in [-0.2, -0.15) is 4.98 Å². The van der Waals surface area contributed by atoms with Crippen LogP contribution in [0.3, 0.4) is 0 Å². The first-order valence-electron chi connectivity index (χ1n) is 9.09. The van der Waals surface area contributed by atoms with Gasteiger partial charge >= 0.3 is 0 Å². The van der Waals surface area contributed by atoms with Crippen LogP contribution in [0.1, 0.15) is 53.2 Å². The molecule has 7 nitrogen and oxygen atoms in total. The summed E-state index contributed by atoms with van der Waals surface area (Å²) >= 11 is 0. The van der Waals surface area contributed by atoms with E-state index in [0.717, 1.165) is 31.7 Å². The summed E-state index contributed by atoms with van der Waals surface area (Å²) in [5.74, 6) is 2.65. The molecule has 0 bridgehead atoms. The van der Waals surface area contributed by atoms with Crippen LogP contribution < -0.4 is 4.74 Å². The molecule has 7 heteroatoms. The van der Waals surface area contributed by atoms with E-state index in [2.05, 4.69) is 10.1 Å². The van der Waals surface area contributed by atoms with E-state index in [1.807, 2.05) is 23.1 Å². The van der Waals surface area contributed by atoms with Gasteiger partial charge in [0, 0.05) is 37.1 Å². The largest absolute Gasteiger partial charge is 0.497 e. The van der Waals surface area contributed by atoms with Crippen LogP contribution in [0.15, 0.2) is 28.8 Å². The third-order valence-corrected chi connectivity index (χ3v) is 5.20. The Morgan fingerprint density at radius 1 is 1.23 bits per heavy atom. The predicted octanol–water partition coefficient (Wildman–Crippen LogP) is 2.60. The maximum atomic E-state index is 12.7. The smallest absolute Gasteiger partial charge is 0.253 e. The van der Waals surface area contributed by atoms with Gasteiger partial charge in [0.1, 0.15) is 5.75 Å². The van der Waals surface area contributed by atoms with Crippen molar-refractivity contribution < 1.29 is 18.8 Å². The van der Waals surface area contributed by atoms with Gasteiger partial charge in [-0.3, -0.25) is 4.79 Å². The van der Waals surface area contributed by atoms with Crippen LogP contribution in [0.25, 0.3) is 0 Å². The Kier molecular flexibility index (Phi) is 4.88. The van der Waals surface area contributed by atoms with E-state index in [0.29, 0.717) is 36.9 Å². The summed E-state index contributed by atoms with van der Waals surface area (Å²) in [6.07, 6.45) is 2.61. The van der Waals surface area contributed by atoms with Crippen molar-refractivity contribution in [2.45, 2.75) is 31.1 Å². The molecule has 2 saturated heterocycles. The fraction of sp³-hybridized carbons (Fsp3) is 0.526. The second-order valence-corrected chi connectivity index (χ2v) is 6.85. The first kappa shape index (κ1) is 17.0. The van der Waals surface area contributed by atoms with Gasteiger partial charge in [0.25, 0.3) is 5.91 Å². The average molecular weight is 357 g/mol. The minimum absolute atomic E-state index is 0.0386. The van der Waals surface area contributed by atoms with Gasteiger partial charge in [0.15, 0.2) is 5.82 Å². The lowest BCUT2D eigenvalue weighted by molar-refractivity contribution is 0.0704. The zero-order valence-electron chi connectivity index (χ0n) is 14.9.